The van der Waals surface area contributed by atoms with E-state index in [1.165, 1.54) is 23.0 Å². The lowest BCUT2D eigenvalue weighted by Crippen LogP contribution is -2.35. The summed E-state index contributed by atoms with van der Waals surface area (Å²) in [5, 5.41) is 4.31. The normalized spacial score (nSPS) is 18.2. The second-order valence-electron chi connectivity index (χ2n) is 7.92. The van der Waals surface area contributed by atoms with Gasteiger partial charge in [-0.15, -0.1) is 0 Å². The maximum absolute atomic E-state index is 13.6. The van der Waals surface area contributed by atoms with Crippen LogP contribution in [-0.4, -0.2) is 49.4 Å². The Kier molecular flexibility index (Phi) is 5.11. The Morgan fingerprint density at radius 3 is 2.44 bits per heavy atom. The van der Waals surface area contributed by atoms with E-state index in [0.29, 0.717) is 30.2 Å². The van der Waals surface area contributed by atoms with E-state index in [1.807, 2.05) is 24.3 Å². The molecule has 0 atom stereocenters. The van der Waals surface area contributed by atoms with Crippen LogP contribution in [0.4, 0.5) is 13.2 Å². The Morgan fingerprint density at radius 1 is 1.03 bits per heavy atom. The largest absolute Gasteiger partial charge is 0.417 e. The lowest BCUT2D eigenvalue weighted by Gasteiger charge is -2.26. The Hall–Kier alpha value is -2.69. The molecular formula is C22H20F3N3O3S. The molecule has 0 unspecified atom stereocenters. The zero-order valence-electron chi connectivity index (χ0n) is 17.0. The van der Waals surface area contributed by atoms with Gasteiger partial charge in [-0.1, -0.05) is 24.3 Å². The molecular weight excluding hydrogens is 443 g/mol. The Balaban J connectivity index is 1.55. The van der Waals surface area contributed by atoms with Gasteiger partial charge in [0.2, 0.25) is 0 Å². The molecule has 168 valence electrons. The molecule has 0 aliphatic carbocycles. The molecule has 0 amide bonds. The number of hydrogen-bond donors (Lipinski definition) is 0. The molecule has 3 aromatic rings. The minimum absolute atomic E-state index is 0.0240. The van der Waals surface area contributed by atoms with E-state index in [4.69, 9.17) is 4.74 Å². The van der Waals surface area contributed by atoms with E-state index in [1.54, 1.807) is 0 Å². The van der Waals surface area contributed by atoms with Gasteiger partial charge in [0.15, 0.2) is 9.84 Å². The average molecular weight is 463 g/mol. The van der Waals surface area contributed by atoms with E-state index in [2.05, 4.69) is 10.00 Å². The number of benzene rings is 2. The molecule has 0 bridgehead atoms. The highest BCUT2D eigenvalue weighted by Crippen LogP contribution is 2.45. The van der Waals surface area contributed by atoms with Crippen LogP contribution in [-0.2, 0) is 33.0 Å². The van der Waals surface area contributed by atoms with Crippen LogP contribution in [0.25, 0.3) is 16.9 Å². The molecule has 2 aliphatic heterocycles. The molecule has 3 heterocycles. The third-order valence-electron chi connectivity index (χ3n) is 5.77. The van der Waals surface area contributed by atoms with Crippen molar-refractivity contribution in [3.8, 4) is 16.9 Å². The summed E-state index contributed by atoms with van der Waals surface area (Å²) in [6, 6.07) is 11.0. The summed E-state index contributed by atoms with van der Waals surface area (Å²) in [7, 11) is -4.15. The molecule has 32 heavy (non-hydrogen) atoms. The number of fused-ring (bicyclic) bond motifs is 3. The van der Waals surface area contributed by atoms with Gasteiger partial charge in [-0.2, -0.15) is 18.3 Å². The van der Waals surface area contributed by atoms with Gasteiger partial charge in [0.05, 0.1) is 47.0 Å². The van der Waals surface area contributed by atoms with Gasteiger partial charge in [0, 0.05) is 30.8 Å². The first kappa shape index (κ1) is 21.2. The van der Waals surface area contributed by atoms with Crippen LogP contribution in [0.3, 0.4) is 0 Å². The summed E-state index contributed by atoms with van der Waals surface area (Å²) in [6.07, 6.45) is -3.36. The Bertz CT molecular complexity index is 1260. The molecule has 2 aliphatic rings. The summed E-state index contributed by atoms with van der Waals surface area (Å²) in [4.78, 5) is 1.61. The number of rotatable bonds is 3. The van der Waals surface area contributed by atoms with Gasteiger partial charge in [0.25, 0.3) is 0 Å². The standard InChI is InChI=1S/C22H20F3N3O3S/c23-22(24,25)19-3-1-2-18-20-16(14-32(29,30)21(18)19)12-26-28(20)17-6-4-15(5-7-17)13-27-8-10-31-11-9-27/h1-7,12H,8-11,13-14H2. The van der Waals surface area contributed by atoms with Crippen LogP contribution in [0.2, 0.25) is 0 Å². The minimum atomic E-state index is -4.78. The first-order valence-corrected chi connectivity index (χ1v) is 11.8. The van der Waals surface area contributed by atoms with Crippen molar-refractivity contribution >= 4 is 9.84 Å². The summed E-state index contributed by atoms with van der Waals surface area (Å²) in [5.74, 6) is -0.516. The predicted octanol–water partition coefficient (Wildman–Crippen LogP) is 3.68. The topological polar surface area (TPSA) is 64.4 Å². The maximum atomic E-state index is 13.6. The summed E-state index contributed by atoms with van der Waals surface area (Å²) in [5.41, 5.74) is 1.39. The molecule has 1 aromatic heterocycles. The minimum Gasteiger partial charge on any atom is -0.379 e. The number of nitrogens with zero attached hydrogens (tertiary/aromatic N) is 3. The maximum Gasteiger partial charge on any atom is 0.417 e. The number of aromatic nitrogens is 2. The second kappa shape index (κ2) is 7.72. The molecule has 1 fully saturated rings. The van der Waals surface area contributed by atoms with Gasteiger partial charge in [-0.05, 0) is 23.8 Å². The van der Waals surface area contributed by atoms with E-state index in [0.717, 1.165) is 31.3 Å². The quantitative estimate of drug-likeness (QED) is 0.593. The van der Waals surface area contributed by atoms with Crippen molar-refractivity contribution in [2.75, 3.05) is 26.3 Å². The van der Waals surface area contributed by atoms with Crippen molar-refractivity contribution < 1.29 is 26.3 Å². The van der Waals surface area contributed by atoms with Crippen LogP contribution < -0.4 is 0 Å². The third-order valence-corrected chi connectivity index (χ3v) is 7.52. The van der Waals surface area contributed by atoms with Gasteiger partial charge in [-0.3, -0.25) is 4.90 Å². The molecule has 10 heteroatoms. The highest BCUT2D eigenvalue weighted by molar-refractivity contribution is 7.91. The molecule has 5 rings (SSSR count). The number of alkyl halides is 3. The number of morpholine rings is 1. The van der Waals surface area contributed by atoms with E-state index >= 15 is 0 Å². The van der Waals surface area contributed by atoms with E-state index in [9.17, 15) is 21.6 Å². The van der Waals surface area contributed by atoms with Gasteiger partial charge < -0.3 is 4.74 Å². The highest BCUT2D eigenvalue weighted by atomic mass is 32.2. The molecule has 6 nitrogen and oxygen atoms in total. The third kappa shape index (κ3) is 3.72. The van der Waals surface area contributed by atoms with E-state index < -0.39 is 32.2 Å². The number of ether oxygens (including phenoxy) is 1. The molecule has 0 spiro atoms. The first-order chi connectivity index (χ1) is 15.2. The molecule has 0 radical (unpaired) electrons. The Morgan fingerprint density at radius 2 is 1.75 bits per heavy atom. The first-order valence-electron chi connectivity index (χ1n) is 10.1. The molecule has 0 N–H and O–H groups in total. The zero-order valence-corrected chi connectivity index (χ0v) is 17.8. The van der Waals surface area contributed by atoms with Crippen molar-refractivity contribution in [3.63, 3.8) is 0 Å². The summed E-state index contributed by atoms with van der Waals surface area (Å²) >= 11 is 0. The second-order valence-corrected chi connectivity index (χ2v) is 9.85. The van der Waals surface area contributed by atoms with Crippen molar-refractivity contribution in [2.24, 2.45) is 0 Å². The zero-order chi connectivity index (χ0) is 22.5. The SMILES string of the molecule is O=S1(=O)Cc2cnn(-c3ccc(CN4CCOCC4)cc3)c2-c2cccc(C(F)(F)F)c21. The van der Waals surface area contributed by atoms with Crippen LogP contribution in [0.15, 0.2) is 53.6 Å². The van der Waals surface area contributed by atoms with Crippen molar-refractivity contribution in [2.45, 2.75) is 23.4 Å². The van der Waals surface area contributed by atoms with Gasteiger partial charge >= 0.3 is 6.18 Å². The van der Waals surface area contributed by atoms with Gasteiger partial charge in [-0.25, -0.2) is 13.1 Å². The lowest BCUT2D eigenvalue weighted by molar-refractivity contribution is -0.139. The summed E-state index contributed by atoms with van der Waals surface area (Å²) < 4.78 is 73.1. The highest BCUT2D eigenvalue weighted by Gasteiger charge is 2.42. The molecule has 0 saturated carbocycles. The van der Waals surface area contributed by atoms with Crippen LogP contribution in [0, 0.1) is 0 Å². The number of halogens is 3. The predicted molar refractivity (Wildman–Crippen MR) is 111 cm³/mol. The average Bonchev–Trinajstić information content (AvgIpc) is 3.17. The number of sulfone groups is 1. The fraction of sp³-hybridized carbons (Fsp3) is 0.318. The molecule has 2 aromatic carbocycles. The fourth-order valence-electron chi connectivity index (χ4n) is 4.29. The van der Waals surface area contributed by atoms with Crippen molar-refractivity contribution in [1.29, 1.82) is 0 Å². The van der Waals surface area contributed by atoms with Crippen LogP contribution >= 0.6 is 0 Å². The van der Waals surface area contributed by atoms with Gasteiger partial charge in [0.1, 0.15) is 0 Å². The van der Waals surface area contributed by atoms with Crippen molar-refractivity contribution in [3.05, 3.63) is 65.4 Å². The van der Waals surface area contributed by atoms with Crippen LogP contribution in [0.5, 0.6) is 0 Å². The summed E-state index contributed by atoms with van der Waals surface area (Å²) in [6.45, 7) is 3.92. The van der Waals surface area contributed by atoms with E-state index in [-0.39, 0.29) is 5.56 Å². The lowest BCUT2D eigenvalue weighted by atomic mass is 10.0. The fourth-order valence-corrected chi connectivity index (χ4v) is 6.07. The van der Waals surface area contributed by atoms with Crippen LogP contribution in [0.1, 0.15) is 16.7 Å². The number of hydrogen-bond acceptors (Lipinski definition) is 5. The Labute approximate surface area is 183 Å². The monoisotopic (exact) mass is 463 g/mol. The smallest absolute Gasteiger partial charge is 0.379 e. The van der Waals surface area contributed by atoms with Crippen molar-refractivity contribution in [1.82, 2.24) is 14.7 Å². The molecule has 1 saturated heterocycles.